The van der Waals surface area contributed by atoms with E-state index in [-0.39, 0.29) is 5.82 Å². The molecule has 1 aliphatic carbocycles. The minimum absolute atomic E-state index is 0.312. The van der Waals surface area contributed by atoms with Crippen molar-refractivity contribution in [1.82, 2.24) is 15.3 Å². The summed E-state index contributed by atoms with van der Waals surface area (Å²) in [6, 6.07) is 3.52. The normalized spacial score (nSPS) is 18.7. The number of nitrogens with one attached hydrogen (secondary N) is 1. The molecular weight excluding hydrogens is 249 g/mol. The topological polar surface area (TPSA) is 37.8 Å². The lowest BCUT2D eigenvalue weighted by atomic mass is 9.98. The van der Waals surface area contributed by atoms with E-state index >= 15 is 0 Å². The van der Waals surface area contributed by atoms with E-state index < -0.39 is 0 Å². The second kappa shape index (κ2) is 4.74. The molecule has 2 heterocycles. The number of rotatable bonds is 2. The van der Waals surface area contributed by atoms with E-state index in [0.717, 1.165) is 23.5 Å². The molecule has 0 saturated carbocycles. The van der Waals surface area contributed by atoms with Gasteiger partial charge in [-0.1, -0.05) is 0 Å². The van der Waals surface area contributed by atoms with E-state index in [2.05, 4.69) is 15.3 Å². The van der Waals surface area contributed by atoms with E-state index in [0.29, 0.717) is 6.04 Å². The Balaban J connectivity index is 1.99. The molecule has 1 unspecified atom stereocenters. The lowest BCUT2D eigenvalue weighted by Gasteiger charge is -2.19. The Hall–Kier alpha value is -1.33. The molecule has 0 saturated heterocycles. The van der Waals surface area contributed by atoms with Crippen LogP contribution in [0.25, 0.3) is 10.7 Å². The first kappa shape index (κ1) is 11.7. The van der Waals surface area contributed by atoms with Gasteiger partial charge in [0.15, 0.2) is 0 Å². The van der Waals surface area contributed by atoms with Crippen LogP contribution in [-0.2, 0) is 6.42 Å². The van der Waals surface area contributed by atoms with Crippen molar-refractivity contribution in [2.45, 2.75) is 25.3 Å². The third kappa shape index (κ3) is 2.04. The Kier molecular flexibility index (Phi) is 3.09. The van der Waals surface area contributed by atoms with Gasteiger partial charge in [0.2, 0.25) is 0 Å². The molecule has 1 aliphatic rings. The van der Waals surface area contributed by atoms with Gasteiger partial charge in [-0.25, -0.2) is 9.37 Å². The van der Waals surface area contributed by atoms with Crippen molar-refractivity contribution in [1.29, 1.82) is 0 Å². The number of hydrogen-bond acceptors (Lipinski definition) is 4. The summed E-state index contributed by atoms with van der Waals surface area (Å²) in [5, 5.41) is 4.21. The number of fused-ring (bicyclic) bond motifs is 1. The molecule has 5 heteroatoms. The van der Waals surface area contributed by atoms with Gasteiger partial charge in [-0.05, 0) is 38.4 Å². The van der Waals surface area contributed by atoms with Crippen LogP contribution in [0.4, 0.5) is 4.39 Å². The zero-order chi connectivity index (χ0) is 12.5. The maximum absolute atomic E-state index is 12.9. The maximum Gasteiger partial charge on any atom is 0.142 e. The molecule has 0 amide bonds. The van der Waals surface area contributed by atoms with Crippen LogP contribution in [0.2, 0.25) is 0 Å². The summed E-state index contributed by atoms with van der Waals surface area (Å²) in [5.74, 6) is -0.312. The zero-order valence-corrected chi connectivity index (χ0v) is 10.9. The molecule has 1 N–H and O–H groups in total. The van der Waals surface area contributed by atoms with Crippen LogP contribution in [0.15, 0.2) is 18.3 Å². The van der Waals surface area contributed by atoms with Crippen molar-refractivity contribution in [3.05, 3.63) is 34.7 Å². The Morgan fingerprint density at radius 1 is 1.44 bits per heavy atom. The second-order valence-corrected chi connectivity index (χ2v) is 5.46. The van der Waals surface area contributed by atoms with Crippen molar-refractivity contribution in [3.8, 4) is 10.7 Å². The quantitative estimate of drug-likeness (QED) is 0.905. The highest BCUT2D eigenvalue weighted by atomic mass is 32.1. The lowest BCUT2D eigenvalue weighted by molar-refractivity contribution is 0.501. The van der Waals surface area contributed by atoms with Crippen LogP contribution in [0.5, 0.6) is 0 Å². The first-order chi connectivity index (χ1) is 8.78. The van der Waals surface area contributed by atoms with Gasteiger partial charge >= 0.3 is 0 Å². The second-order valence-electron chi connectivity index (χ2n) is 4.43. The largest absolute Gasteiger partial charge is 0.312 e. The third-order valence-corrected chi connectivity index (χ3v) is 4.48. The van der Waals surface area contributed by atoms with Crippen LogP contribution in [0, 0.1) is 5.82 Å². The van der Waals surface area contributed by atoms with E-state index in [1.165, 1.54) is 29.3 Å². The highest BCUT2D eigenvalue weighted by molar-refractivity contribution is 7.15. The van der Waals surface area contributed by atoms with Gasteiger partial charge in [0.1, 0.15) is 10.8 Å². The number of pyridine rings is 1. The minimum atomic E-state index is -0.312. The van der Waals surface area contributed by atoms with Crippen LogP contribution in [0.3, 0.4) is 0 Å². The van der Waals surface area contributed by atoms with E-state index in [9.17, 15) is 4.39 Å². The van der Waals surface area contributed by atoms with E-state index in [1.54, 1.807) is 17.4 Å². The zero-order valence-electron chi connectivity index (χ0n) is 10.1. The fourth-order valence-corrected chi connectivity index (χ4v) is 3.54. The molecule has 2 aromatic rings. The molecule has 0 aromatic carbocycles. The Morgan fingerprint density at radius 2 is 2.33 bits per heavy atom. The first-order valence-electron chi connectivity index (χ1n) is 6.06. The number of thiazole rings is 1. The molecule has 0 spiro atoms. The fraction of sp³-hybridized carbons (Fsp3) is 0.385. The number of aryl methyl sites for hydroxylation is 1. The summed E-state index contributed by atoms with van der Waals surface area (Å²) in [4.78, 5) is 10.0. The van der Waals surface area contributed by atoms with Crippen LogP contribution < -0.4 is 5.32 Å². The molecule has 0 bridgehead atoms. The summed E-state index contributed by atoms with van der Waals surface area (Å²) < 4.78 is 12.9. The van der Waals surface area contributed by atoms with Gasteiger partial charge in [0, 0.05) is 10.9 Å². The number of hydrogen-bond donors (Lipinski definition) is 1. The predicted octanol–water partition coefficient (Wildman–Crippen LogP) is 2.94. The summed E-state index contributed by atoms with van der Waals surface area (Å²) >= 11 is 1.67. The SMILES string of the molecule is CNC1CCCc2nc(-c3ccc(F)cn3)sc21. The van der Waals surface area contributed by atoms with Crippen molar-refractivity contribution in [3.63, 3.8) is 0 Å². The van der Waals surface area contributed by atoms with Crippen molar-refractivity contribution in [2.24, 2.45) is 0 Å². The van der Waals surface area contributed by atoms with Gasteiger partial charge < -0.3 is 5.32 Å². The number of aromatic nitrogens is 2. The standard InChI is InChI=1S/C13H14FN3S/c1-15-9-3-2-4-10-12(9)18-13(17-10)11-6-5-8(14)7-16-11/h5-7,9,15H,2-4H2,1H3. The van der Waals surface area contributed by atoms with E-state index in [1.807, 2.05) is 7.05 Å². The average Bonchev–Trinajstić information content (AvgIpc) is 2.83. The third-order valence-electron chi connectivity index (χ3n) is 3.25. The van der Waals surface area contributed by atoms with Gasteiger partial charge in [0.05, 0.1) is 17.6 Å². The molecule has 0 aliphatic heterocycles. The van der Waals surface area contributed by atoms with Gasteiger partial charge in [-0.3, -0.25) is 4.98 Å². The molecule has 2 aromatic heterocycles. The fourth-order valence-electron chi connectivity index (χ4n) is 2.31. The summed E-state index contributed by atoms with van der Waals surface area (Å²) in [5.41, 5.74) is 1.93. The summed E-state index contributed by atoms with van der Waals surface area (Å²) in [7, 11) is 1.98. The molecular formula is C13H14FN3S. The molecule has 0 fully saturated rings. The van der Waals surface area contributed by atoms with Gasteiger partial charge in [-0.15, -0.1) is 11.3 Å². The molecule has 18 heavy (non-hydrogen) atoms. The lowest BCUT2D eigenvalue weighted by Crippen LogP contribution is -2.19. The van der Waals surface area contributed by atoms with Crippen molar-refractivity contribution in [2.75, 3.05) is 7.05 Å². The highest BCUT2D eigenvalue weighted by Crippen LogP contribution is 2.37. The molecule has 3 nitrogen and oxygen atoms in total. The summed E-state index contributed by atoms with van der Waals surface area (Å²) in [6.07, 6.45) is 4.59. The van der Waals surface area contributed by atoms with Crippen molar-refractivity contribution < 1.29 is 4.39 Å². The Morgan fingerprint density at radius 3 is 3.06 bits per heavy atom. The summed E-state index contributed by atoms with van der Waals surface area (Å²) in [6.45, 7) is 0. The van der Waals surface area contributed by atoms with Crippen molar-refractivity contribution >= 4 is 11.3 Å². The monoisotopic (exact) mass is 263 g/mol. The highest BCUT2D eigenvalue weighted by Gasteiger charge is 2.23. The maximum atomic E-state index is 12.9. The van der Waals surface area contributed by atoms with Gasteiger partial charge in [-0.2, -0.15) is 0 Å². The Bertz CT molecular complexity index is 550. The van der Waals surface area contributed by atoms with E-state index in [4.69, 9.17) is 0 Å². The van der Waals surface area contributed by atoms with Gasteiger partial charge in [0.25, 0.3) is 0 Å². The van der Waals surface area contributed by atoms with Crippen LogP contribution in [0.1, 0.15) is 29.5 Å². The number of nitrogens with zero attached hydrogens (tertiary/aromatic N) is 2. The first-order valence-corrected chi connectivity index (χ1v) is 6.88. The Labute approximate surface area is 109 Å². The molecule has 0 radical (unpaired) electrons. The average molecular weight is 263 g/mol. The molecule has 1 atom stereocenters. The van der Waals surface area contributed by atoms with Crippen LogP contribution in [-0.4, -0.2) is 17.0 Å². The predicted molar refractivity (Wildman–Crippen MR) is 70.0 cm³/mol. The minimum Gasteiger partial charge on any atom is -0.312 e. The smallest absolute Gasteiger partial charge is 0.142 e. The van der Waals surface area contributed by atoms with Crippen LogP contribution >= 0.6 is 11.3 Å². The molecule has 3 rings (SSSR count). The number of halogens is 1. The molecule has 94 valence electrons.